The Bertz CT molecular complexity index is 427. The molecule has 120 valence electrons. The molecule has 0 heterocycles. The molecule has 0 amide bonds. The van der Waals surface area contributed by atoms with Crippen molar-refractivity contribution in [1.82, 2.24) is 5.32 Å². The third kappa shape index (κ3) is 5.56. The van der Waals surface area contributed by atoms with Gasteiger partial charge < -0.3 is 19.9 Å². The molecule has 4 nitrogen and oxygen atoms in total. The molecule has 1 unspecified atom stereocenters. The van der Waals surface area contributed by atoms with Gasteiger partial charge in [-0.15, -0.1) is 0 Å². The highest BCUT2D eigenvalue weighted by Gasteiger charge is 2.20. The van der Waals surface area contributed by atoms with Crippen LogP contribution in [0.15, 0.2) is 18.2 Å². The molecule has 0 aromatic heterocycles. The van der Waals surface area contributed by atoms with Crippen molar-refractivity contribution in [3.63, 3.8) is 0 Å². The van der Waals surface area contributed by atoms with E-state index < -0.39 is 0 Å². The Hall–Kier alpha value is -1.26. The second-order valence-corrected chi connectivity index (χ2v) is 6.19. The van der Waals surface area contributed by atoms with Crippen LogP contribution in [0.3, 0.4) is 0 Å². The topological polar surface area (TPSA) is 50.7 Å². The van der Waals surface area contributed by atoms with Gasteiger partial charge in [-0.25, -0.2) is 0 Å². The Morgan fingerprint density at radius 2 is 2.00 bits per heavy atom. The van der Waals surface area contributed by atoms with E-state index in [0.29, 0.717) is 6.61 Å². The molecule has 21 heavy (non-hydrogen) atoms. The molecule has 0 bridgehead atoms. The van der Waals surface area contributed by atoms with E-state index >= 15 is 0 Å². The third-order valence-electron chi connectivity index (χ3n) is 3.43. The van der Waals surface area contributed by atoms with Crippen LogP contribution in [0.1, 0.15) is 39.7 Å². The van der Waals surface area contributed by atoms with Gasteiger partial charge in [-0.1, -0.05) is 27.7 Å². The summed E-state index contributed by atoms with van der Waals surface area (Å²) in [6.07, 6.45) is 0.778. The molecular formula is C17H29NO3. The second-order valence-electron chi connectivity index (χ2n) is 6.19. The largest absolute Gasteiger partial charge is 0.497 e. The van der Waals surface area contributed by atoms with Gasteiger partial charge in [0.15, 0.2) is 0 Å². The summed E-state index contributed by atoms with van der Waals surface area (Å²) in [6.45, 7) is 10.1. The van der Waals surface area contributed by atoms with E-state index in [1.807, 2.05) is 25.1 Å². The highest BCUT2D eigenvalue weighted by Crippen LogP contribution is 2.34. The molecule has 0 aliphatic rings. The van der Waals surface area contributed by atoms with Gasteiger partial charge in [-0.3, -0.25) is 0 Å². The lowest BCUT2D eigenvalue weighted by molar-refractivity contribution is 0.208. The molecule has 0 aliphatic carbocycles. The van der Waals surface area contributed by atoms with E-state index in [1.165, 1.54) is 0 Å². The molecule has 0 spiro atoms. The number of benzene rings is 1. The van der Waals surface area contributed by atoms with Crippen molar-refractivity contribution in [1.29, 1.82) is 0 Å². The van der Waals surface area contributed by atoms with E-state index in [4.69, 9.17) is 9.47 Å². The second kappa shape index (κ2) is 8.25. The highest BCUT2D eigenvalue weighted by atomic mass is 16.5. The standard InChI is InChI=1S/C17H29NO3/c1-6-18-13(12-19)9-10-21-16-8-7-14(20-5)11-15(16)17(2,3)4/h7-8,11,13,18-19H,6,9-10,12H2,1-5H3. The van der Waals surface area contributed by atoms with Gasteiger partial charge in [-0.2, -0.15) is 0 Å². The van der Waals surface area contributed by atoms with E-state index in [9.17, 15) is 5.11 Å². The number of hydrogen-bond acceptors (Lipinski definition) is 4. The van der Waals surface area contributed by atoms with Gasteiger partial charge in [0.05, 0.1) is 20.3 Å². The van der Waals surface area contributed by atoms with Crippen LogP contribution in [0.25, 0.3) is 0 Å². The van der Waals surface area contributed by atoms with Gasteiger partial charge in [-0.05, 0) is 36.6 Å². The van der Waals surface area contributed by atoms with Crippen LogP contribution in [0.2, 0.25) is 0 Å². The number of methoxy groups -OCH3 is 1. The van der Waals surface area contributed by atoms with Crippen LogP contribution in [-0.2, 0) is 5.41 Å². The van der Waals surface area contributed by atoms with Gasteiger partial charge >= 0.3 is 0 Å². The fourth-order valence-electron chi connectivity index (χ4n) is 2.21. The van der Waals surface area contributed by atoms with E-state index in [0.717, 1.165) is 30.0 Å². The summed E-state index contributed by atoms with van der Waals surface area (Å²) in [6, 6.07) is 5.99. The minimum Gasteiger partial charge on any atom is -0.497 e. The van der Waals surface area contributed by atoms with Gasteiger partial charge in [0.1, 0.15) is 11.5 Å². The quantitative estimate of drug-likeness (QED) is 0.774. The minimum absolute atomic E-state index is 0.0120. The average molecular weight is 295 g/mol. The molecule has 0 aliphatic heterocycles. The van der Waals surface area contributed by atoms with E-state index in [1.54, 1.807) is 7.11 Å². The maximum Gasteiger partial charge on any atom is 0.123 e. The number of ether oxygens (including phenoxy) is 2. The summed E-state index contributed by atoms with van der Waals surface area (Å²) in [5.41, 5.74) is 1.12. The van der Waals surface area contributed by atoms with Gasteiger partial charge in [0.2, 0.25) is 0 Å². The molecule has 2 N–H and O–H groups in total. The van der Waals surface area contributed by atoms with Crippen molar-refractivity contribution in [2.75, 3.05) is 26.9 Å². The Balaban J connectivity index is 2.74. The van der Waals surface area contributed by atoms with Gasteiger partial charge in [0, 0.05) is 11.6 Å². The molecule has 1 rings (SSSR count). The van der Waals surface area contributed by atoms with Crippen LogP contribution < -0.4 is 14.8 Å². The van der Waals surface area contributed by atoms with Crippen LogP contribution >= 0.6 is 0 Å². The first-order valence-electron chi connectivity index (χ1n) is 7.58. The molecule has 1 aromatic carbocycles. The SMILES string of the molecule is CCNC(CO)CCOc1ccc(OC)cc1C(C)(C)C. The number of aliphatic hydroxyl groups excluding tert-OH is 1. The summed E-state index contributed by atoms with van der Waals surface area (Å²) >= 11 is 0. The Morgan fingerprint density at radius 1 is 1.29 bits per heavy atom. The van der Waals surface area contributed by atoms with Crippen molar-refractivity contribution < 1.29 is 14.6 Å². The van der Waals surface area contributed by atoms with Crippen molar-refractivity contribution in [2.24, 2.45) is 0 Å². The van der Waals surface area contributed by atoms with Crippen LogP contribution in [0, 0.1) is 0 Å². The zero-order valence-corrected chi connectivity index (χ0v) is 13.9. The summed E-state index contributed by atoms with van der Waals surface area (Å²) in [5, 5.41) is 12.5. The smallest absolute Gasteiger partial charge is 0.123 e. The molecular weight excluding hydrogens is 266 g/mol. The highest BCUT2D eigenvalue weighted by molar-refractivity contribution is 5.44. The fourth-order valence-corrected chi connectivity index (χ4v) is 2.21. The number of nitrogens with one attached hydrogen (secondary N) is 1. The molecule has 0 fully saturated rings. The normalized spacial score (nSPS) is 13.0. The lowest BCUT2D eigenvalue weighted by atomic mass is 9.86. The molecule has 1 atom stereocenters. The summed E-state index contributed by atoms with van der Waals surface area (Å²) < 4.78 is 11.2. The van der Waals surface area contributed by atoms with Crippen molar-refractivity contribution in [2.45, 2.75) is 45.6 Å². The number of aliphatic hydroxyl groups is 1. The molecule has 1 aromatic rings. The lowest BCUT2D eigenvalue weighted by Crippen LogP contribution is -2.33. The predicted molar refractivity (Wildman–Crippen MR) is 86.4 cm³/mol. The van der Waals surface area contributed by atoms with E-state index in [-0.39, 0.29) is 18.1 Å². The Kier molecular flexibility index (Phi) is 6.99. The van der Waals surface area contributed by atoms with Crippen molar-refractivity contribution in [3.8, 4) is 11.5 Å². The molecule has 0 radical (unpaired) electrons. The van der Waals surface area contributed by atoms with Crippen molar-refractivity contribution in [3.05, 3.63) is 23.8 Å². The van der Waals surface area contributed by atoms with E-state index in [2.05, 4.69) is 26.1 Å². The summed E-state index contributed by atoms with van der Waals surface area (Å²) in [5.74, 6) is 1.73. The number of likely N-dealkylation sites (N-methyl/N-ethyl adjacent to an activating group) is 1. The van der Waals surface area contributed by atoms with Gasteiger partial charge in [0.25, 0.3) is 0 Å². The monoisotopic (exact) mass is 295 g/mol. The van der Waals surface area contributed by atoms with Crippen LogP contribution in [-0.4, -0.2) is 38.0 Å². The average Bonchev–Trinajstić information content (AvgIpc) is 2.45. The summed E-state index contributed by atoms with van der Waals surface area (Å²) in [4.78, 5) is 0. The fraction of sp³-hybridized carbons (Fsp3) is 0.647. The predicted octanol–water partition coefficient (Wildman–Crippen LogP) is 2.73. The minimum atomic E-state index is -0.0120. The maximum atomic E-state index is 9.27. The Labute approximate surface area is 128 Å². The molecule has 4 heteroatoms. The van der Waals surface area contributed by atoms with Crippen molar-refractivity contribution >= 4 is 0 Å². The first-order chi connectivity index (χ1) is 9.92. The zero-order valence-electron chi connectivity index (χ0n) is 13.9. The van der Waals surface area contributed by atoms with Crippen LogP contribution in [0.5, 0.6) is 11.5 Å². The lowest BCUT2D eigenvalue weighted by Gasteiger charge is -2.24. The first kappa shape index (κ1) is 17.8. The number of rotatable bonds is 8. The number of hydrogen-bond donors (Lipinski definition) is 2. The Morgan fingerprint density at radius 3 is 2.52 bits per heavy atom. The van der Waals surface area contributed by atoms with Crippen LogP contribution in [0.4, 0.5) is 0 Å². The third-order valence-corrected chi connectivity index (χ3v) is 3.43. The molecule has 0 saturated heterocycles. The maximum absolute atomic E-state index is 9.27. The summed E-state index contributed by atoms with van der Waals surface area (Å²) in [7, 11) is 1.67. The molecule has 0 saturated carbocycles. The first-order valence-corrected chi connectivity index (χ1v) is 7.58. The zero-order chi connectivity index (χ0) is 15.9.